The van der Waals surface area contributed by atoms with Crippen LogP contribution in [0, 0.1) is 0 Å². The van der Waals surface area contributed by atoms with Gasteiger partial charge < -0.3 is 15.8 Å². The van der Waals surface area contributed by atoms with Crippen LogP contribution >= 0.6 is 23.8 Å². The summed E-state index contributed by atoms with van der Waals surface area (Å²) < 4.78 is 5.39. The fraction of sp³-hybridized carbons (Fsp3) is 0.417. The van der Waals surface area contributed by atoms with E-state index in [2.05, 4.69) is 12.2 Å². The summed E-state index contributed by atoms with van der Waals surface area (Å²) in [5.41, 5.74) is 7.18. The van der Waals surface area contributed by atoms with Crippen molar-refractivity contribution in [2.75, 3.05) is 18.5 Å². The fourth-order valence-electron chi connectivity index (χ4n) is 1.86. The lowest BCUT2D eigenvalue weighted by Gasteiger charge is -2.25. The highest BCUT2D eigenvalue weighted by atomic mass is 35.5. The van der Waals surface area contributed by atoms with Crippen molar-refractivity contribution in [1.29, 1.82) is 0 Å². The summed E-state index contributed by atoms with van der Waals surface area (Å²) in [5, 5.41) is 4.04. The Bertz CT molecular complexity index is 444. The van der Waals surface area contributed by atoms with E-state index in [1.165, 1.54) is 0 Å². The molecule has 0 aliphatic carbocycles. The Balaban J connectivity index is 2.19. The monoisotopic (exact) mass is 270 g/mol. The van der Waals surface area contributed by atoms with Crippen LogP contribution in [0.2, 0.25) is 5.02 Å². The standard InChI is InChI=1S/C12H15ClN2OS/c1-12(4-5-16-7-12)15-10-3-2-8(11(14)17)6-9(10)13/h2-3,6,15H,4-5,7H2,1H3,(H2,14,17). The van der Waals surface area contributed by atoms with Crippen molar-refractivity contribution in [3.05, 3.63) is 28.8 Å². The Hall–Kier alpha value is -0.840. The largest absolute Gasteiger partial charge is 0.389 e. The molecule has 1 aromatic rings. The normalized spacial score (nSPS) is 23.6. The lowest BCUT2D eigenvalue weighted by Crippen LogP contribution is -2.35. The number of thiocarbonyl (C=S) groups is 1. The van der Waals surface area contributed by atoms with Crippen molar-refractivity contribution >= 4 is 34.5 Å². The Morgan fingerprint density at radius 1 is 1.59 bits per heavy atom. The molecule has 1 aliphatic rings. The maximum Gasteiger partial charge on any atom is 0.104 e. The Morgan fingerprint density at radius 2 is 2.35 bits per heavy atom. The number of halogens is 1. The van der Waals surface area contributed by atoms with E-state index < -0.39 is 0 Å². The van der Waals surface area contributed by atoms with Crippen molar-refractivity contribution in [2.45, 2.75) is 18.9 Å². The van der Waals surface area contributed by atoms with Gasteiger partial charge in [-0.15, -0.1) is 0 Å². The van der Waals surface area contributed by atoms with E-state index in [1.807, 2.05) is 12.1 Å². The molecule has 1 fully saturated rings. The average Bonchev–Trinajstić information content (AvgIpc) is 2.68. The summed E-state index contributed by atoms with van der Waals surface area (Å²) in [6.07, 6.45) is 0.973. The lowest BCUT2D eigenvalue weighted by molar-refractivity contribution is 0.185. The molecule has 1 saturated heterocycles. The van der Waals surface area contributed by atoms with Gasteiger partial charge in [-0.1, -0.05) is 23.8 Å². The summed E-state index contributed by atoms with van der Waals surface area (Å²) in [5.74, 6) is 0. The van der Waals surface area contributed by atoms with Crippen LogP contribution in [0.3, 0.4) is 0 Å². The second-order valence-electron chi connectivity index (χ2n) is 4.55. The van der Waals surface area contributed by atoms with Gasteiger partial charge in [-0.25, -0.2) is 0 Å². The number of rotatable bonds is 3. The number of nitrogens with one attached hydrogen (secondary N) is 1. The van der Waals surface area contributed by atoms with Crippen molar-refractivity contribution in [3.8, 4) is 0 Å². The molecule has 92 valence electrons. The van der Waals surface area contributed by atoms with Gasteiger partial charge in [0.15, 0.2) is 0 Å². The molecule has 0 bridgehead atoms. The Morgan fingerprint density at radius 3 is 2.88 bits per heavy atom. The molecular weight excluding hydrogens is 256 g/mol. The van der Waals surface area contributed by atoms with E-state index in [9.17, 15) is 0 Å². The van der Waals surface area contributed by atoms with E-state index in [4.69, 9.17) is 34.3 Å². The topological polar surface area (TPSA) is 47.3 Å². The highest BCUT2D eigenvalue weighted by Gasteiger charge is 2.29. The van der Waals surface area contributed by atoms with Gasteiger partial charge in [0.1, 0.15) is 4.99 Å². The van der Waals surface area contributed by atoms with Crippen LogP contribution in [0.5, 0.6) is 0 Å². The smallest absolute Gasteiger partial charge is 0.104 e. The third-order valence-electron chi connectivity index (χ3n) is 2.91. The lowest BCUT2D eigenvalue weighted by atomic mass is 10.0. The van der Waals surface area contributed by atoms with Gasteiger partial charge in [-0.2, -0.15) is 0 Å². The summed E-state index contributed by atoms with van der Waals surface area (Å²) >= 11 is 11.1. The quantitative estimate of drug-likeness (QED) is 0.829. The average molecular weight is 271 g/mol. The molecule has 1 unspecified atom stereocenters. The zero-order chi connectivity index (χ0) is 12.5. The first-order valence-electron chi connectivity index (χ1n) is 5.45. The van der Waals surface area contributed by atoms with Crippen molar-refractivity contribution in [1.82, 2.24) is 0 Å². The first-order chi connectivity index (χ1) is 8.00. The maximum atomic E-state index is 6.20. The van der Waals surface area contributed by atoms with E-state index in [-0.39, 0.29) is 5.54 Å². The number of hydrogen-bond acceptors (Lipinski definition) is 3. The maximum absolute atomic E-state index is 6.20. The van der Waals surface area contributed by atoms with E-state index >= 15 is 0 Å². The molecule has 1 atom stereocenters. The second kappa shape index (κ2) is 4.80. The molecule has 0 radical (unpaired) electrons. The van der Waals surface area contributed by atoms with Crippen LogP contribution in [0.15, 0.2) is 18.2 Å². The van der Waals surface area contributed by atoms with Gasteiger partial charge in [-0.3, -0.25) is 0 Å². The number of nitrogens with two attached hydrogens (primary N) is 1. The Kier molecular flexibility index (Phi) is 3.56. The molecule has 1 heterocycles. The summed E-state index contributed by atoms with van der Waals surface area (Å²) in [4.78, 5) is 0.355. The van der Waals surface area contributed by atoms with Crippen LogP contribution in [-0.2, 0) is 4.74 Å². The molecule has 1 aromatic carbocycles. The molecule has 3 N–H and O–H groups in total. The number of hydrogen-bond donors (Lipinski definition) is 2. The molecule has 2 rings (SSSR count). The summed E-state index contributed by atoms with van der Waals surface area (Å²) in [6.45, 7) is 3.60. The zero-order valence-corrected chi connectivity index (χ0v) is 11.2. The number of benzene rings is 1. The molecule has 0 spiro atoms. The highest BCUT2D eigenvalue weighted by molar-refractivity contribution is 7.80. The van der Waals surface area contributed by atoms with Crippen molar-refractivity contribution in [2.24, 2.45) is 5.73 Å². The zero-order valence-electron chi connectivity index (χ0n) is 9.63. The van der Waals surface area contributed by atoms with Crippen LogP contribution in [0.25, 0.3) is 0 Å². The molecule has 3 nitrogen and oxygen atoms in total. The summed E-state index contributed by atoms with van der Waals surface area (Å²) in [7, 11) is 0. The first-order valence-corrected chi connectivity index (χ1v) is 6.24. The van der Waals surface area contributed by atoms with E-state index in [1.54, 1.807) is 6.07 Å². The number of ether oxygens (including phenoxy) is 1. The molecule has 0 amide bonds. The molecular formula is C12H15ClN2OS. The van der Waals surface area contributed by atoms with E-state index in [0.717, 1.165) is 24.3 Å². The summed E-state index contributed by atoms with van der Waals surface area (Å²) in [6, 6.07) is 5.56. The first kappa shape index (κ1) is 12.6. The van der Waals surface area contributed by atoms with E-state index in [0.29, 0.717) is 16.6 Å². The highest BCUT2D eigenvalue weighted by Crippen LogP contribution is 2.29. The third-order valence-corrected chi connectivity index (χ3v) is 3.46. The van der Waals surface area contributed by atoms with Crippen LogP contribution in [0.1, 0.15) is 18.9 Å². The molecule has 5 heteroatoms. The number of anilines is 1. The van der Waals surface area contributed by atoms with Crippen LogP contribution < -0.4 is 11.1 Å². The minimum absolute atomic E-state index is 0.0472. The van der Waals surface area contributed by atoms with Crippen LogP contribution in [-0.4, -0.2) is 23.7 Å². The molecule has 0 aromatic heterocycles. The molecule has 17 heavy (non-hydrogen) atoms. The van der Waals surface area contributed by atoms with Gasteiger partial charge in [0.25, 0.3) is 0 Å². The fourth-order valence-corrected chi connectivity index (χ4v) is 2.22. The molecule has 1 aliphatic heterocycles. The SMILES string of the molecule is CC1(Nc2ccc(C(N)=S)cc2Cl)CCOC1. The van der Waals surface area contributed by atoms with Crippen molar-refractivity contribution < 1.29 is 4.74 Å². The van der Waals surface area contributed by atoms with Crippen LogP contribution in [0.4, 0.5) is 5.69 Å². The van der Waals surface area contributed by atoms with Crippen molar-refractivity contribution in [3.63, 3.8) is 0 Å². The molecule has 0 saturated carbocycles. The minimum atomic E-state index is -0.0472. The predicted molar refractivity (Wildman–Crippen MR) is 74.8 cm³/mol. The minimum Gasteiger partial charge on any atom is -0.389 e. The third kappa shape index (κ3) is 2.89. The van der Waals surface area contributed by atoms with Gasteiger partial charge in [0.2, 0.25) is 0 Å². The van der Waals surface area contributed by atoms with Gasteiger partial charge in [0, 0.05) is 12.2 Å². The predicted octanol–water partition coefficient (Wildman–Crippen LogP) is 2.57. The van der Waals surface area contributed by atoms with Gasteiger partial charge in [-0.05, 0) is 31.5 Å². The van der Waals surface area contributed by atoms with Gasteiger partial charge in [0.05, 0.1) is 22.9 Å². The van der Waals surface area contributed by atoms with Gasteiger partial charge >= 0.3 is 0 Å². The Labute approximate surface area is 111 Å². The second-order valence-corrected chi connectivity index (χ2v) is 5.39.